The summed E-state index contributed by atoms with van der Waals surface area (Å²) in [5.41, 5.74) is 6.07. The number of carbonyl (C=O) groups excluding carboxylic acids is 3. The summed E-state index contributed by atoms with van der Waals surface area (Å²) >= 11 is 0. The Morgan fingerprint density at radius 2 is 1.55 bits per heavy atom. The number of hydrogen-bond acceptors (Lipinski definition) is 4. The smallest absolute Gasteiger partial charge is 0.369 e. The number of benzodiazepines with no additional fused rings is 1. The van der Waals surface area contributed by atoms with Gasteiger partial charge in [-0.15, -0.1) is 0 Å². The Morgan fingerprint density at radius 3 is 2.10 bits per heavy atom. The fraction of sp³-hybridized carbons (Fsp3) is 0.385. The second-order valence-corrected chi connectivity index (χ2v) is 9.24. The molecule has 14 heteroatoms. The molecule has 0 saturated heterocycles. The summed E-state index contributed by atoms with van der Waals surface area (Å²) in [6, 6.07) is 11.6. The van der Waals surface area contributed by atoms with Crippen LogP contribution in [0.3, 0.4) is 0 Å². The van der Waals surface area contributed by atoms with Gasteiger partial charge in [-0.2, -0.15) is 26.3 Å². The standard InChI is InChI=1S/C26H25F7N4O3/c1-37-19-8-7-15(27)13-18(19)20(14-5-3-2-4-6-14)35-22(24(37)40)36-23(39)17(10-12-26(31,32)33)16(21(34)38)9-11-25(28,29)30/h2-8,13,16-17,22H,9-12H2,1H3,(H2,34,38)(H,36,39)/t16-,17+,22+/m0/s1. The first-order chi connectivity index (χ1) is 18.6. The average Bonchev–Trinajstić information content (AvgIpc) is 2.95. The molecule has 0 bridgehead atoms. The molecule has 3 amide bonds. The number of halogens is 7. The van der Waals surface area contributed by atoms with E-state index in [0.717, 1.165) is 17.0 Å². The fourth-order valence-corrected chi connectivity index (χ4v) is 4.40. The van der Waals surface area contributed by atoms with E-state index in [2.05, 4.69) is 10.3 Å². The van der Waals surface area contributed by atoms with Crippen molar-refractivity contribution in [2.75, 3.05) is 11.9 Å². The van der Waals surface area contributed by atoms with Crippen LogP contribution in [-0.2, 0) is 14.4 Å². The van der Waals surface area contributed by atoms with Crippen LogP contribution in [0.15, 0.2) is 53.5 Å². The highest BCUT2D eigenvalue weighted by Gasteiger charge is 2.41. The van der Waals surface area contributed by atoms with Crippen LogP contribution in [0.2, 0.25) is 0 Å². The number of nitrogens with zero attached hydrogens (tertiary/aromatic N) is 2. The zero-order valence-electron chi connectivity index (χ0n) is 21.0. The number of aliphatic imine (C=N–C) groups is 1. The van der Waals surface area contributed by atoms with E-state index in [-0.39, 0.29) is 17.0 Å². The van der Waals surface area contributed by atoms with E-state index in [4.69, 9.17) is 5.73 Å². The Bertz CT molecular complexity index is 1280. The number of alkyl halides is 6. The summed E-state index contributed by atoms with van der Waals surface area (Å²) in [6.45, 7) is 0. The van der Waals surface area contributed by atoms with Crippen molar-refractivity contribution in [1.29, 1.82) is 0 Å². The molecule has 0 aromatic heterocycles. The molecule has 216 valence electrons. The van der Waals surface area contributed by atoms with Crippen LogP contribution in [0, 0.1) is 17.7 Å². The van der Waals surface area contributed by atoms with Gasteiger partial charge in [-0.1, -0.05) is 30.3 Å². The van der Waals surface area contributed by atoms with Crippen molar-refractivity contribution in [3.63, 3.8) is 0 Å². The number of amides is 3. The van der Waals surface area contributed by atoms with Gasteiger partial charge < -0.3 is 16.0 Å². The second kappa shape index (κ2) is 12.0. The number of nitrogens with one attached hydrogen (secondary N) is 1. The lowest BCUT2D eigenvalue weighted by atomic mass is 9.83. The molecule has 7 nitrogen and oxygen atoms in total. The predicted molar refractivity (Wildman–Crippen MR) is 131 cm³/mol. The van der Waals surface area contributed by atoms with E-state index in [1.165, 1.54) is 13.1 Å². The van der Waals surface area contributed by atoms with Gasteiger partial charge in [0.05, 0.1) is 11.4 Å². The van der Waals surface area contributed by atoms with Crippen LogP contribution >= 0.6 is 0 Å². The molecule has 0 unspecified atom stereocenters. The average molecular weight is 574 g/mol. The molecule has 3 atom stereocenters. The molecule has 0 saturated carbocycles. The summed E-state index contributed by atoms with van der Waals surface area (Å²) in [7, 11) is 1.30. The van der Waals surface area contributed by atoms with Crippen molar-refractivity contribution in [2.45, 2.75) is 44.2 Å². The zero-order valence-corrected chi connectivity index (χ0v) is 21.0. The Morgan fingerprint density at radius 1 is 0.975 bits per heavy atom. The number of nitrogens with two attached hydrogens (primary N) is 1. The lowest BCUT2D eigenvalue weighted by Gasteiger charge is -2.27. The lowest BCUT2D eigenvalue weighted by Crippen LogP contribution is -2.50. The van der Waals surface area contributed by atoms with E-state index in [9.17, 15) is 45.1 Å². The molecule has 3 N–H and O–H groups in total. The van der Waals surface area contributed by atoms with Gasteiger partial charge in [0.2, 0.25) is 18.0 Å². The van der Waals surface area contributed by atoms with Gasteiger partial charge in [0.1, 0.15) is 5.82 Å². The van der Waals surface area contributed by atoms with Crippen molar-refractivity contribution in [3.8, 4) is 0 Å². The number of likely N-dealkylation sites (N-methyl/N-ethyl adjacent to an activating group) is 1. The largest absolute Gasteiger partial charge is 0.389 e. The van der Waals surface area contributed by atoms with Gasteiger partial charge in [-0.3, -0.25) is 14.4 Å². The number of anilines is 1. The Labute approximate surface area is 224 Å². The molecule has 1 aliphatic rings. The molecule has 2 aromatic rings. The summed E-state index contributed by atoms with van der Waals surface area (Å²) in [6.07, 6.45) is -16.6. The van der Waals surface area contributed by atoms with E-state index >= 15 is 0 Å². The molecule has 3 rings (SSSR count). The highest BCUT2D eigenvalue weighted by atomic mass is 19.4. The Hall–Kier alpha value is -3.97. The van der Waals surface area contributed by atoms with Crippen LogP contribution in [0.1, 0.15) is 36.8 Å². The summed E-state index contributed by atoms with van der Waals surface area (Å²) in [5.74, 6) is -8.09. The minimum atomic E-state index is -4.80. The predicted octanol–water partition coefficient (Wildman–Crippen LogP) is 4.48. The third-order valence-electron chi connectivity index (χ3n) is 6.39. The van der Waals surface area contributed by atoms with Crippen molar-refractivity contribution in [3.05, 3.63) is 65.5 Å². The first-order valence-electron chi connectivity index (χ1n) is 12.0. The van der Waals surface area contributed by atoms with Crippen LogP contribution in [0.5, 0.6) is 0 Å². The number of benzene rings is 2. The Balaban J connectivity index is 2.03. The number of primary amides is 1. The molecule has 1 aliphatic heterocycles. The van der Waals surface area contributed by atoms with Crippen LogP contribution in [0.25, 0.3) is 0 Å². The molecule has 1 heterocycles. The van der Waals surface area contributed by atoms with Crippen molar-refractivity contribution >= 4 is 29.1 Å². The monoisotopic (exact) mass is 574 g/mol. The van der Waals surface area contributed by atoms with Gasteiger partial charge in [-0.25, -0.2) is 9.38 Å². The maximum atomic E-state index is 14.2. The number of hydrogen-bond donors (Lipinski definition) is 2. The van der Waals surface area contributed by atoms with Gasteiger partial charge in [0.15, 0.2) is 0 Å². The molecule has 0 fully saturated rings. The van der Waals surface area contributed by atoms with E-state index in [1.807, 2.05) is 0 Å². The molecule has 2 aromatic carbocycles. The van der Waals surface area contributed by atoms with Crippen LogP contribution < -0.4 is 16.0 Å². The van der Waals surface area contributed by atoms with Crippen molar-refractivity contribution < 1.29 is 45.1 Å². The first-order valence-corrected chi connectivity index (χ1v) is 12.0. The highest BCUT2D eigenvalue weighted by Crippen LogP contribution is 2.33. The summed E-state index contributed by atoms with van der Waals surface area (Å²) in [5, 5.41) is 2.19. The van der Waals surface area contributed by atoms with E-state index in [1.54, 1.807) is 30.3 Å². The first kappa shape index (κ1) is 30.6. The van der Waals surface area contributed by atoms with Gasteiger partial charge >= 0.3 is 12.4 Å². The number of carbonyl (C=O) groups is 3. The topological polar surface area (TPSA) is 105 Å². The maximum absolute atomic E-state index is 14.2. The highest BCUT2D eigenvalue weighted by molar-refractivity contribution is 6.20. The van der Waals surface area contributed by atoms with Crippen molar-refractivity contribution in [1.82, 2.24) is 5.32 Å². The SMILES string of the molecule is CN1C(=O)[C@@H](NC(=O)[C@H](CCC(F)(F)F)[C@H](CCC(F)(F)F)C(N)=O)N=C(c2ccccc2)c2cc(F)ccc21. The molecular weight excluding hydrogens is 549 g/mol. The molecule has 0 radical (unpaired) electrons. The van der Waals surface area contributed by atoms with Crippen LogP contribution in [0.4, 0.5) is 36.4 Å². The molecule has 40 heavy (non-hydrogen) atoms. The van der Waals surface area contributed by atoms with Gasteiger partial charge in [0, 0.05) is 42.9 Å². The van der Waals surface area contributed by atoms with Gasteiger partial charge in [-0.05, 0) is 31.0 Å². The lowest BCUT2D eigenvalue weighted by molar-refractivity contribution is -0.152. The molecular formula is C26H25F7N4O3. The minimum Gasteiger partial charge on any atom is -0.369 e. The quantitative estimate of drug-likeness (QED) is 0.432. The summed E-state index contributed by atoms with van der Waals surface area (Å²) in [4.78, 5) is 43.9. The fourth-order valence-electron chi connectivity index (χ4n) is 4.40. The Kier molecular flexibility index (Phi) is 9.21. The van der Waals surface area contributed by atoms with E-state index in [0.29, 0.717) is 5.56 Å². The van der Waals surface area contributed by atoms with Crippen molar-refractivity contribution in [2.24, 2.45) is 22.6 Å². The van der Waals surface area contributed by atoms with Gasteiger partial charge in [0.25, 0.3) is 5.91 Å². The normalized spacial score (nSPS) is 17.4. The van der Waals surface area contributed by atoms with E-state index < -0.39 is 79.6 Å². The summed E-state index contributed by atoms with van der Waals surface area (Å²) < 4.78 is 91.9. The third kappa shape index (κ3) is 7.79. The maximum Gasteiger partial charge on any atom is 0.389 e. The second-order valence-electron chi connectivity index (χ2n) is 9.24. The number of fused-ring (bicyclic) bond motifs is 1. The zero-order chi connectivity index (χ0) is 29.8. The number of rotatable bonds is 9. The third-order valence-corrected chi connectivity index (χ3v) is 6.39. The molecule has 0 aliphatic carbocycles. The van der Waals surface area contributed by atoms with Crippen LogP contribution in [-0.4, -0.2) is 49.0 Å². The molecule has 0 spiro atoms. The minimum absolute atomic E-state index is 0.0634.